The molecule has 2 aliphatic rings. The van der Waals surface area contributed by atoms with Crippen molar-refractivity contribution in [3.8, 4) is 0 Å². The van der Waals surface area contributed by atoms with Gasteiger partial charge in [0.15, 0.2) is 6.61 Å². The molecule has 144 valence electrons. The molecule has 27 heavy (non-hydrogen) atoms. The molecule has 2 aromatic rings. The molecule has 5 heteroatoms. The molecule has 1 N–H and O–H groups in total. The Bertz CT molecular complexity index is 813. The number of aromatic amines is 1. The summed E-state index contributed by atoms with van der Waals surface area (Å²) >= 11 is 0. The summed E-state index contributed by atoms with van der Waals surface area (Å²) in [5.74, 6) is 1.09. The third kappa shape index (κ3) is 4.18. The molecule has 4 rings (SSSR count). The van der Waals surface area contributed by atoms with E-state index in [0.29, 0.717) is 18.8 Å². The quantitative estimate of drug-likeness (QED) is 0.819. The lowest BCUT2D eigenvalue weighted by molar-refractivity contribution is -0.153. The highest BCUT2D eigenvalue weighted by Gasteiger charge is 2.33. The molecular formula is C22H28N2O3. The Balaban J connectivity index is 1.22. The number of hydrogen-bond acceptors (Lipinski definition) is 3. The van der Waals surface area contributed by atoms with Gasteiger partial charge in [-0.25, -0.2) is 0 Å². The minimum Gasteiger partial charge on any atom is -0.456 e. The normalized spacial score (nSPS) is 22.4. The van der Waals surface area contributed by atoms with Crippen LogP contribution in [0, 0.1) is 11.8 Å². The van der Waals surface area contributed by atoms with Gasteiger partial charge in [0.1, 0.15) is 0 Å². The van der Waals surface area contributed by atoms with E-state index in [1.54, 1.807) is 0 Å². The fraction of sp³-hybridized carbons (Fsp3) is 0.545. The van der Waals surface area contributed by atoms with E-state index in [1.165, 1.54) is 25.7 Å². The molecule has 5 nitrogen and oxygen atoms in total. The number of amides is 1. The van der Waals surface area contributed by atoms with Crippen molar-refractivity contribution in [3.05, 3.63) is 36.0 Å². The number of nitrogens with zero attached hydrogens (tertiary/aromatic N) is 1. The van der Waals surface area contributed by atoms with Gasteiger partial charge in [0.25, 0.3) is 5.91 Å². The molecule has 2 atom stereocenters. The molecule has 0 unspecified atom stereocenters. The molecule has 0 radical (unpaired) electrons. The van der Waals surface area contributed by atoms with Gasteiger partial charge in [0, 0.05) is 36.6 Å². The summed E-state index contributed by atoms with van der Waals surface area (Å²) in [6.07, 6.45) is 9.12. The fourth-order valence-electron chi connectivity index (χ4n) is 4.71. The Labute approximate surface area is 160 Å². The van der Waals surface area contributed by atoms with Gasteiger partial charge in [-0.1, -0.05) is 37.5 Å². The molecule has 0 spiro atoms. The van der Waals surface area contributed by atoms with E-state index in [0.717, 1.165) is 41.9 Å². The van der Waals surface area contributed by atoms with Crippen LogP contribution in [0.15, 0.2) is 30.5 Å². The van der Waals surface area contributed by atoms with Crippen LogP contribution in [0.4, 0.5) is 0 Å². The van der Waals surface area contributed by atoms with E-state index in [4.69, 9.17) is 4.74 Å². The number of hydrogen-bond donors (Lipinski definition) is 1. The standard InChI is InChI=1S/C22H28N2O3/c25-21(24-12-11-16-5-1-2-6-18(16)14-24)15-27-22(26)10-9-17-13-23-20-8-4-3-7-19(17)20/h3-4,7-8,13,16,18,23H,1-2,5-6,9-12,14-15H2/t16-,18+/m1/s1. The Hall–Kier alpha value is -2.30. The van der Waals surface area contributed by atoms with Gasteiger partial charge >= 0.3 is 5.97 Å². The summed E-state index contributed by atoms with van der Waals surface area (Å²) in [5, 5.41) is 1.14. The van der Waals surface area contributed by atoms with Crippen LogP contribution in [-0.4, -0.2) is 41.5 Å². The number of likely N-dealkylation sites (tertiary alicyclic amines) is 1. The molecule has 1 saturated heterocycles. The second-order valence-corrected chi connectivity index (χ2v) is 7.95. The minimum atomic E-state index is -0.304. The van der Waals surface area contributed by atoms with Crippen molar-refractivity contribution in [3.63, 3.8) is 0 Å². The average Bonchev–Trinajstić information content (AvgIpc) is 3.13. The van der Waals surface area contributed by atoms with Crippen molar-refractivity contribution >= 4 is 22.8 Å². The summed E-state index contributed by atoms with van der Waals surface area (Å²) in [5.41, 5.74) is 2.18. The maximum atomic E-state index is 12.4. The van der Waals surface area contributed by atoms with Gasteiger partial charge in [-0.2, -0.15) is 0 Å². The van der Waals surface area contributed by atoms with Crippen LogP contribution in [0.2, 0.25) is 0 Å². The lowest BCUT2D eigenvalue weighted by Crippen LogP contribution is -2.46. The zero-order chi connectivity index (χ0) is 18.6. The molecular weight excluding hydrogens is 340 g/mol. The molecule has 1 aliphatic carbocycles. The molecule has 1 aromatic heterocycles. The zero-order valence-corrected chi connectivity index (χ0v) is 15.8. The third-order valence-corrected chi connectivity index (χ3v) is 6.27. The molecule has 2 fully saturated rings. The molecule has 1 aromatic carbocycles. The Morgan fingerprint density at radius 1 is 1.11 bits per heavy atom. The molecule has 1 amide bonds. The Morgan fingerprint density at radius 2 is 1.93 bits per heavy atom. The van der Waals surface area contributed by atoms with Crippen molar-refractivity contribution in [2.24, 2.45) is 11.8 Å². The first-order valence-electron chi connectivity index (χ1n) is 10.2. The number of para-hydroxylation sites is 1. The van der Waals surface area contributed by atoms with Crippen LogP contribution in [0.25, 0.3) is 10.9 Å². The number of H-pyrrole nitrogens is 1. The maximum absolute atomic E-state index is 12.4. The zero-order valence-electron chi connectivity index (χ0n) is 15.8. The highest BCUT2D eigenvalue weighted by atomic mass is 16.5. The smallest absolute Gasteiger partial charge is 0.306 e. The van der Waals surface area contributed by atoms with E-state index in [-0.39, 0.29) is 18.5 Å². The molecule has 1 aliphatic heterocycles. The lowest BCUT2D eigenvalue weighted by atomic mass is 9.75. The van der Waals surface area contributed by atoms with Crippen molar-refractivity contribution in [2.75, 3.05) is 19.7 Å². The number of piperidine rings is 1. The first kappa shape index (κ1) is 18.1. The van der Waals surface area contributed by atoms with E-state index < -0.39 is 0 Å². The number of benzene rings is 1. The van der Waals surface area contributed by atoms with E-state index in [2.05, 4.69) is 4.98 Å². The summed E-state index contributed by atoms with van der Waals surface area (Å²) < 4.78 is 5.26. The van der Waals surface area contributed by atoms with Crippen LogP contribution < -0.4 is 0 Å². The summed E-state index contributed by atoms with van der Waals surface area (Å²) in [6.45, 7) is 1.54. The van der Waals surface area contributed by atoms with Crippen molar-refractivity contribution in [2.45, 2.75) is 44.9 Å². The molecule has 1 saturated carbocycles. The summed E-state index contributed by atoms with van der Waals surface area (Å²) in [4.78, 5) is 29.6. The highest BCUT2D eigenvalue weighted by Crippen LogP contribution is 2.36. The van der Waals surface area contributed by atoms with E-state index in [9.17, 15) is 9.59 Å². The first-order chi connectivity index (χ1) is 13.2. The number of esters is 1. The largest absolute Gasteiger partial charge is 0.456 e. The Kier molecular flexibility index (Phi) is 5.46. The van der Waals surface area contributed by atoms with Gasteiger partial charge in [-0.3, -0.25) is 9.59 Å². The van der Waals surface area contributed by atoms with Crippen LogP contribution in [-0.2, 0) is 20.7 Å². The Morgan fingerprint density at radius 3 is 2.81 bits per heavy atom. The number of fused-ring (bicyclic) bond motifs is 2. The van der Waals surface area contributed by atoms with Gasteiger partial charge < -0.3 is 14.6 Å². The topological polar surface area (TPSA) is 62.4 Å². The minimum absolute atomic E-state index is 0.0422. The lowest BCUT2D eigenvalue weighted by Gasteiger charge is -2.41. The number of aromatic nitrogens is 1. The number of rotatable bonds is 5. The van der Waals surface area contributed by atoms with Gasteiger partial charge in [0.2, 0.25) is 0 Å². The predicted molar refractivity (Wildman–Crippen MR) is 104 cm³/mol. The van der Waals surface area contributed by atoms with Crippen molar-refractivity contribution < 1.29 is 14.3 Å². The predicted octanol–water partition coefficient (Wildman–Crippen LogP) is 3.68. The van der Waals surface area contributed by atoms with E-state index >= 15 is 0 Å². The van der Waals surface area contributed by atoms with Crippen LogP contribution in [0.1, 0.15) is 44.1 Å². The summed E-state index contributed by atoms with van der Waals surface area (Å²) in [6, 6.07) is 8.04. The van der Waals surface area contributed by atoms with Gasteiger partial charge in [-0.15, -0.1) is 0 Å². The number of carbonyl (C=O) groups excluding carboxylic acids is 2. The maximum Gasteiger partial charge on any atom is 0.306 e. The molecule has 0 bridgehead atoms. The second kappa shape index (κ2) is 8.15. The van der Waals surface area contributed by atoms with Crippen molar-refractivity contribution in [1.82, 2.24) is 9.88 Å². The SMILES string of the molecule is O=C(CCc1c[nH]c2ccccc12)OCC(=O)N1CC[C@H]2CCCC[C@H]2C1. The number of ether oxygens (including phenoxy) is 1. The molecule has 2 heterocycles. The summed E-state index contributed by atoms with van der Waals surface area (Å²) in [7, 11) is 0. The fourth-order valence-corrected chi connectivity index (χ4v) is 4.71. The number of aryl methyl sites for hydroxylation is 1. The van der Waals surface area contributed by atoms with Crippen LogP contribution >= 0.6 is 0 Å². The number of nitrogens with one attached hydrogen (secondary N) is 1. The average molecular weight is 368 g/mol. The van der Waals surface area contributed by atoms with Gasteiger partial charge in [0.05, 0.1) is 0 Å². The van der Waals surface area contributed by atoms with Crippen LogP contribution in [0.3, 0.4) is 0 Å². The van der Waals surface area contributed by atoms with Crippen LogP contribution in [0.5, 0.6) is 0 Å². The second-order valence-electron chi connectivity index (χ2n) is 7.95. The third-order valence-electron chi connectivity index (χ3n) is 6.27. The monoisotopic (exact) mass is 368 g/mol. The van der Waals surface area contributed by atoms with Gasteiger partial charge in [-0.05, 0) is 42.7 Å². The van der Waals surface area contributed by atoms with Crippen molar-refractivity contribution in [1.29, 1.82) is 0 Å². The highest BCUT2D eigenvalue weighted by molar-refractivity contribution is 5.84. The first-order valence-corrected chi connectivity index (χ1v) is 10.2. The number of carbonyl (C=O) groups is 2. The van der Waals surface area contributed by atoms with E-state index in [1.807, 2.05) is 35.4 Å².